The number of benzene rings is 2. The van der Waals surface area contributed by atoms with E-state index in [0.29, 0.717) is 30.8 Å². The lowest BCUT2D eigenvalue weighted by molar-refractivity contribution is -0.134. The first-order chi connectivity index (χ1) is 14.0. The standard InChI is InChI=1S/C23H27NO4S/c1-2-28-20-12-8-17(9-13-20)14-23(25)24-18-10-11-19(24)16-22(15-18)29(26,27)21-6-4-3-5-7-21/h3-9,12-13,18-19,22H,2,10-11,14-16H2,1H3. The second kappa shape index (κ2) is 8.19. The Bertz CT molecular complexity index is 942. The summed E-state index contributed by atoms with van der Waals surface area (Å²) in [6.07, 6.45) is 3.18. The molecule has 0 N–H and O–H groups in total. The van der Waals surface area contributed by atoms with Gasteiger partial charge in [-0.15, -0.1) is 0 Å². The first kappa shape index (κ1) is 20.0. The Morgan fingerprint density at radius 1 is 1.00 bits per heavy atom. The SMILES string of the molecule is CCOc1ccc(CC(=O)N2C3CCC2CC(S(=O)(=O)c2ccccc2)C3)cc1. The highest BCUT2D eigenvalue weighted by atomic mass is 32.2. The van der Waals surface area contributed by atoms with Gasteiger partial charge in [-0.05, 0) is 62.4 Å². The van der Waals surface area contributed by atoms with Crippen LogP contribution in [0.5, 0.6) is 5.75 Å². The molecule has 0 aromatic heterocycles. The largest absolute Gasteiger partial charge is 0.494 e. The second-order valence-electron chi connectivity index (χ2n) is 7.89. The van der Waals surface area contributed by atoms with Crippen molar-refractivity contribution in [3.05, 3.63) is 60.2 Å². The predicted octanol–water partition coefficient (Wildman–Crippen LogP) is 3.62. The minimum atomic E-state index is -3.36. The number of sulfone groups is 1. The molecular weight excluding hydrogens is 386 g/mol. The van der Waals surface area contributed by atoms with Crippen LogP contribution in [0.3, 0.4) is 0 Å². The molecule has 1 amide bonds. The third-order valence-corrected chi connectivity index (χ3v) is 8.27. The zero-order valence-corrected chi connectivity index (χ0v) is 17.5. The summed E-state index contributed by atoms with van der Waals surface area (Å²) in [6.45, 7) is 2.55. The monoisotopic (exact) mass is 413 g/mol. The van der Waals surface area contributed by atoms with Crippen molar-refractivity contribution in [2.45, 2.75) is 61.3 Å². The number of carbonyl (C=O) groups is 1. The lowest BCUT2D eigenvalue weighted by Crippen LogP contribution is -2.50. The molecule has 2 bridgehead atoms. The molecule has 29 heavy (non-hydrogen) atoms. The van der Waals surface area contributed by atoms with Gasteiger partial charge in [-0.2, -0.15) is 0 Å². The maximum atomic E-state index is 13.0. The summed E-state index contributed by atoms with van der Waals surface area (Å²) in [7, 11) is -3.36. The molecule has 0 aliphatic carbocycles. The van der Waals surface area contributed by atoms with Crippen LogP contribution in [0.4, 0.5) is 0 Å². The van der Waals surface area contributed by atoms with Crippen molar-refractivity contribution in [1.82, 2.24) is 4.90 Å². The van der Waals surface area contributed by atoms with Gasteiger partial charge in [0.25, 0.3) is 0 Å². The second-order valence-corrected chi connectivity index (χ2v) is 10.1. The molecule has 5 nitrogen and oxygen atoms in total. The Hall–Kier alpha value is -2.34. The van der Waals surface area contributed by atoms with Crippen LogP contribution in [0.2, 0.25) is 0 Å². The first-order valence-corrected chi connectivity index (χ1v) is 11.9. The van der Waals surface area contributed by atoms with Crippen molar-refractivity contribution < 1.29 is 17.9 Å². The van der Waals surface area contributed by atoms with Crippen LogP contribution in [-0.4, -0.2) is 43.2 Å². The summed E-state index contributed by atoms with van der Waals surface area (Å²) in [5.41, 5.74) is 0.955. The van der Waals surface area contributed by atoms with Crippen molar-refractivity contribution in [3.63, 3.8) is 0 Å². The fraction of sp³-hybridized carbons (Fsp3) is 0.435. The van der Waals surface area contributed by atoms with E-state index < -0.39 is 15.1 Å². The fourth-order valence-corrected chi connectivity index (χ4v) is 6.60. The lowest BCUT2D eigenvalue weighted by atomic mass is 10.0. The highest BCUT2D eigenvalue weighted by Gasteiger charge is 2.46. The van der Waals surface area contributed by atoms with Gasteiger partial charge in [0.1, 0.15) is 5.75 Å². The van der Waals surface area contributed by atoms with Crippen molar-refractivity contribution in [2.75, 3.05) is 6.61 Å². The summed E-state index contributed by atoms with van der Waals surface area (Å²) in [5.74, 6) is 0.896. The number of hydrogen-bond donors (Lipinski definition) is 0. The number of carbonyl (C=O) groups excluding carboxylic acids is 1. The van der Waals surface area contributed by atoms with E-state index in [9.17, 15) is 13.2 Å². The molecule has 4 rings (SSSR count). The number of ether oxygens (including phenoxy) is 1. The molecule has 2 saturated heterocycles. The molecule has 0 radical (unpaired) electrons. The van der Waals surface area contributed by atoms with Crippen LogP contribution in [0, 0.1) is 0 Å². The Morgan fingerprint density at radius 2 is 1.62 bits per heavy atom. The minimum Gasteiger partial charge on any atom is -0.494 e. The highest BCUT2D eigenvalue weighted by molar-refractivity contribution is 7.92. The summed E-state index contributed by atoms with van der Waals surface area (Å²) in [6, 6.07) is 16.4. The van der Waals surface area contributed by atoms with Gasteiger partial charge in [-0.3, -0.25) is 4.79 Å². The topological polar surface area (TPSA) is 63.7 Å². The maximum absolute atomic E-state index is 13.0. The molecule has 2 aliphatic rings. The fourth-order valence-electron chi connectivity index (χ4n) is 4.73. The van der Waals surface area contributed by atoms with E-state index in [1.165, 1.54) is 0 Å². The molecular formula is C23H27NO4S. The van der Waals surface area contributed by atoms with E-state index in [-0.39, 0.29) is 18.0 Å². The normalized spacial score (nSPS) is 23.8. The Kier molecular flexibility index (Phi) is 5.63. The van der Waals surface area contributed by atoms with E-state index in [1.807, 2.05) is 42.2 Å². The number of amides is 1. The molecule has 2 heterocycles. The van der Waals surface area contributed by atoms with E-state index in [2.05, 4.69) is 0 Å². The van der Waals surface area contributed by atoms with Crippen molar-refractivity contribution in [3.8, 4) is 5.75 Å². The Labute approximate surface area is 172 Å². The number of hydrogen-bond acceptors (Lipinski definition) is 4. The van der Waals surface area contributed by atoms with Crippen LogP contribution in [0.1, 0.15) is 38.2 Å². The van der Waals surface area contributed by atoms with Crippen LogP contribution < -0.4 is 4.74 Å². The van der Waals surface area contributed by atoms with Gasteiger partial charge in [0, 0.05) is 12.1 Å². The maximum Gasteiger partial charge on any atom is 0.227 e. The first-order valence-electron chi connectivity index (χ1n) is 10.3. The highest BCUT2D eigenvalue weighted by Crippen LogP contribution is 2.40. The van der Waals surface area contributed by atoms with Crippen LogP contribution in [0.25, 0.3) is 0 Å². The quantitative estimate of drug-likeness (QED) is 0.726. The van der Waals surface area contributed by atoms with Crippen LogP contribution >= 0.6 is 0 Å². The number of nitrogens with zero attached hydrogens (tertiary/aromatic N) is 1. The molecule has 2 aromatic rings. The number of fused-ring (bicyclic) bond motifs is 2. The predicted molar refractivity (Wildman–Crippen MR) is 112 cm³/mol. The summed E-state index contributed by atoms with van der Waals surface area (Å²) >= 11 is 0. The van der Waals surface area contributed by atoms with Gasteiger partial charge >= 0.3 is 0 Å². The molecule has 2 aliphatic heterocycles. The zero-order valence-electron chi connectivity index (χ0n) is 16.7. The smallest absolute Gasteiger partial charge is 0.227 e. The van der Waals surface area contributed by atoms with E-state index >= 15 is 0 Å². The van der Waals surface area contributed by atoms with Gasteiger partial charge in [-0.1, -0.05) is 30.3 Å². The molecule has 2 atom stereocenters. The molecule has 0 saturated carbocycles. The average molecular weight is 414 g/mol. The average Bonchev–Trinajstić information content (AvgIpc) is 3.00. The lowest BCUT2D eigenvalue weighted by Gasteiger charge is -2.38. The van der Waals surface area contributed by atoms with Gasteiger partial charge in [0.2, 0.25) is 5.91 Å². The van der Waals surface area contributed by atoms with Gasteiger partial charge in [-0.25, -0.2) is 8.42 Å². The van der Waals surface area contributed by atoms with Gasteiger partial charge < -0.3 is 9.64 Å². The number of rotatable bonds is 6. The van der Waals surface area contributed by atoms with Crippen molar-refractivity contribution >= 4 is 15.7 Å². The van der Waals surface area contributed by atoms with E-state index in [4.69, 9.17) is 4.74 Å². The van der Waals surface area contributed by atoms with Crippen molar-refractivity contribution in [2.24, 2.45) is 0 Å². The summed E-state index contributed by atoms with van der Waals surface area (Å²) < 4.78 is 31.5. The molecule has 2 fully saturated rings. The van der Waals surface area contributed by atoms with Gasteiger partial charge in [0.05, 0.1) is 23.2 Å². The Balaban J connectivity index is 1.44. The summed E-state index contributed by atoms with van der Waals surface area (Å²) in [4.78, 5) is 15.4. The third-order valence-electron chi connectivity index (χ3n) is 6.08. The molecule has 0 spiro atoms. The Morgan fingerprint density at radius 3 is 2.21 bits per heavy atom. The zero-order chi connectivity index (χ0) is 20.4. The van der Waals surface area contributed by atoms with Gasteiger partial charge in [0.15, 0.2) is 9.84 Å². The molecule has 6 heteroatoms. The van der Waals surface area contributed by atoms with E-state index in [1.54, 1.807) is 24.3 Å². The molecule has 2 aromatic carbocycles. The minimum absolute atomic E-state index is 0.0208. The van der Waals surface area contributed by atoms with E-state index in [0.717, 1.165) is 24.2 Å². The number of piperidine rings is 1. The third kappa shape index (κ3) is 4.04. The van der Waals surface area contributed by atoms with Crippen LogP contribution in [-0.2, 0) is 21.1 Å². The molecule has 2 unspecified atom stereocenters. The van der Waals surface area contributed by atoms with Crippen molar-refractivity contribution in [1.29, 1.82) is 0 Å². The molecule has 154 valence electrons. The summed E-state index contributed by atoms with van der Waals surface area (Å²) in [5, 5.41) is -0.406. The van der Waals surface area contributed by atoms with Crippen LogP contribution in [0.15, 0.2) is 59.5 Å².